The van der Waals surface area contributed by atoms with E-state index in [4.69, 9.17) is 28.4 Å². The molecular formula is C39H52O6Si. The third kappa shape index (κ3) is 4.89. The van der Waals surface area contributed by atoms with Gasteiger partial charge in [0.25, 0.3) is 0 Å². The Kier molecular flexibility index (Phi) is 9.98. The van der Waals surface area contributed by atoms with Gasteiger partial charge in [-0.05, 0) is 125 Å². The molecule has 1 unspecified atom stereocenters. The molecule has 46 heavy (non-hydrogen) atoms. The molecule has 1 atom stereocenters. The van der Waals surface area contributed by atoms with Crippen molar-refractivity contribution in [1.29, 1.82) is 0 Å². The third-order valence-corrected chi connectivity index (χ3v) is 16.1. The Labute approximate surface area is 277 Å². The summed E-state index contributed by atoms with van der Waals surface area (Å²) in [5.41, 5.74) is 10.1. The zero-order valence-electron chi connectivity index (χ0n) is 30.8. The molecule has 0 amide bonds. The minimum Gasteiger partial charge on any atom is -0.497 e. The Morgan fingerprint density at radius 2 is 0.739 bits per heavy atom. The molecule has 0 radical (unpaired) electrons. The highest BCUT2D eigenvalue weighted by Crippen LogP contribution is 2.46. The second-order valence-electron chi connectivity index (χ2n) is 12.5. The molecule has 0 saturated carbocycles. The number of hydrogen-bond donors (Lipinski definition) is 0. The summed E-state index contributed by atoms with van der Waals surface area (Å²) in [6.07, 6.45) is 0. The van der Waals surface area contributed by atoms with Crippen molar-refractivity contribution in [2.45, 2.75) is 69.2 Å². The van der Waals surface area contributed by atoms with E-state index in [0.29, 0.717) is 0 Å². The van der Waals surface area contributed by atoms with Gasteiger partial charge in [-0.3, -0.25) is 0 Å². The number of allylic oxidation sites excluding steroid dienone is 4. The lowest BCUT2D eigenvalue weighted by molar-refractivity contribution is 0.398. The SMILES string of the molecule is COc1cc([Si](C2=C(C)C(C)=C(C)C2C)(c2cc(OC)c(C)c(C)c2OC)c2cc(OC)c(C)c(C)c2OC)c(OC)c(C)c1C. The standard InChI is InChI=1S/C39H52O6Si/c1-20-21(2)29(10)39(28(20)9)46(33-17-30(40-11)22(3)25(6)36(33)43-14,34-18-31(41-12)23(4)26(7)37(34)44-15)35-19-32(42-13)24(5)27(8)38(35)45-16/h17-19,28H,1-16H3. The third-order valence-electron chi connectivity index (χ3n) is 10.9. The molecule has 4 rings (SSSR count). The van der Waals surface area contributed by atoms with Crippen LogP contribution < -0.4 is 44.0 Å². The predicted octanol–water partition coefficient (Wildman–Crippen LogP) is 6.90. The van der Waals surface area contributed by atoms with Crippen LogP contribution in [-0.2, 0) is 0 Å². The molecule has 0 fully saturated rings. The molecule has 1 aliphatic carbocycles. The van der Waals surface area contributed by atoms with Crippen molar-refractivity contribution in [1.82, 2.24) is 0 Å². The van der Waals surface area contributed by atoms with Crippen LogP contribution in [0.4, 0.5) is 0 Å². The smallest absolute Gasteiger partial charge is 0.189 e. The van der Waals surface area contributed by atoms with Crippen molar-refractivity contribution >= 4 is 23.6 Å². The molecule has 1 aliphatic rings. The Bertz CT molecular complexity index is 1600. The van der Waals surface area contributed by atoms with Crippen LogP contribution >= 0.6 is 0 Å². The van der Waals surface area contributed by atoms with E-state index in [1.807, 2.05) is 0 Å². The topological polar surface area (TPSA) is 55.4 Å². The van der Waals surface area contributed by atoms with Crippen LogP contribution in [0.1, 0.15) is 61.1 Å². The van der Waals surface area contributed by atoms with Crippen LogP contribution in [0.25, 0.3) is 0 Å². The Morgan fingerprint density at radius 3 is 0.957 bits per heavy atom. The van der Waals surface area contributed by atoms with Crippen molar-refractivity contribution in [3.63, 3.8) is 0 Å². The summed E-state index contributed by atoms with van der Waals surface area (Å²) < 4.78 is 37.7. The average molecular weight is 645 g/mol. The predicted molar refractivity (Wildman–Crippen MR) is 192 cm³/mol. The quantitative estimate of drug-likeness (QED) is 0.177. The summed E-state index contributed by atoms with van der Waals surface area (Å²) >= 11 is 0. The highest BCUT2D eigenvalue weighted by Gasteiger charge is 2.54. The van der Waals surface area contributed by atoms with Crippen LogP contribution in [-0.4, -0.2) is 50.7 Å². The maximum Gasteiger partial charge on any atom is 0.189 e. The number of benzene rings is 3. The first-order valence-corrected chi connectivity index (χ1v) is 17.8. The fourth-order valence-electron chi connectivity index (χ4n) is 7.69. The molecule has 0 bridgehead atoms. The van der Waals surface area contributed by atoms with Crippen LogP contribution in [0.2, 0.25) is 0 Å². The van der Waals surface area contributed by atoms with E-state index in [1.54, 1.807) is 42.7 Å². The highest BCUT2D eigenvalue weighted by atomic mass is 28.3. The van der Waals surface area contributed by atoms with Gasteiger partial charge in [-0.15, -0.1) is 0 Å². The maximum absolute atomic E-state index is 6.46. The summed E-state index contributed by atoms with van der Waals surface area (Å²) in [7, 11) is 7.02. The summed E-state index contributed by atoms with van der Waals surface area (Å²) in [4.78, 5) is 0. The molecule has 0 spiro atoms. The zero-order valence-corrected chi connectivity index (χ0v) is 31.8. The summed E-state index contributed by atoms with van der Waals surface area (Å²) in [6, 6.07) is 6.60. The molecule has 0 heterocycles. The normalized spacial score (nSPS) is 15.0. The first kappa shape index (κ1) is 35.0. The maximum atomic E-state index is 6.46. The second kappa shape index (κ2) is 13.1. The Balaban J connectivity index is 2.56. The molecule has 0 saturated heterocycles. The molecule has 3 aromatic carbocycles. The average Bonchev–Trinajstić information content (AvgIpc) is 3.24. The van der Waals surface area contributed by atoms with Gasteiger partial charge in [0.2, 0.25) is 0 Å². The fourth-order valence-corrected chi connectivity index (χ4v) is 14.0. The van der Waals surface area contributed by atoms with Gasteiger partial charge in [-0.2, -0.15) is 0 Å². The molecule has 7 heteroatoms. The summed E-state index contributed by atoms with van der Waals surface area (Å²) in [6.45, 7) is 21.7. The van der Waals surface area contributed by atoms with Gasteiger partial charge in [-0.1, -0.05) is 23.3 Å². The van der Waals surface area contributed by atoms with Gasteiger partial charge < -0.3 is 28.4 Å². The summed E-state index contributed by atoms with van der Waals surface area (Å²) in [5.74, 6) is 5.04. The monoisotopic (exact) mass is 644 g/mol. The van der Waals surface area contributed by atoms with Crippen molar-refractivity contribution < 1.29 is 28.4 Å². The van der Waals surface area contributed by atoms with Gasteiger partial charge in [0.15, 0.2) is 8.07 Å². The minimum atomic E-state index is -3.48. The number of methoxy groups -OCH3 is 6. The van der Waals surface area contributed by atoms with Crippen molar-refractivity contribution in [3.8, 4) is 34.5 Å². The van der Waals surface area contributed by atoms with Crippen molar-refractivity contribution in [2.24, 2.45) is 5.92 Å². The van der Waals surface area contributed by atoms with E-state index in [1.165, 1.54) is 21.9 Å². The minimum absolute atomic E-state index is 0.124. The molecule has 0 aliphatic heterocycles. The Hall–Kier alpha value is -3.84. The van der Waals surface area contributed by atoms with Crippen molar-refractivity contribution in [3.05, 3.63) is 73.5 Å². The van der Waals surface area contributed by atoms with Crippen LogP contribution in [0.15, 0.2) is 40.1 Å². The van der Waals surface area contributed by atoms with E-state index >= 15 is 0 Å². The lowest BCUT2D eigenvalue weighted by atomic mass is 10.1. The highest BCUT2D eigenvalue weighted by molar-refractivity contribution is 7.17. The fraction of sp³-hybridized carbons (Fsp3) is 0.436. The molecule has 0 aromatic heterocycles. The number of ether oxygens (including phenoxy) is 6. The van der Waals surface area contributed by atoms with E-state index < -0.39 is 8.07 Å². The van der Waals surface area contributed by atoms with Crippen LogP contribution in [0, 0.1) is 47.5 Å². The van der Waals surface area contributed by atoms with E-state index in [0.717, 1.165) is 83.4 Å². The van der Waals surface area contributed by atoms with Gasteiger partial charge >= 0.3 is 0 Å². The summed E-state index contributed by atoms with van der Waals surface area (Å²) in [5, 5.41) is 4.53. The lowest BCUT2D eigenvalue weighted by Gasteiger charge is -2.42. The van der Waals surface area contributed by atoms with Crippen LogP contribution in [0.3, 0.4) is 0 Å². The number of hydrogen-bond acceptors (Lipinski definition) is 6. The first-order chi connectivity index (χ1) is 21.7. The van der Waals surface area contributed by atoms with Gasteiger partial charge in [0.1, 0.15) is 34.5 Å². The molecule has 0 N–H and O–H groups in total. The molecule has 3 aromatic rings. The van der Waals surface area contributed by atoms with E-state index in [-0.39, 0.29) is 5.92 Å². The molecular weight excluding hydrogens is 593 g/mol. The number of rotatable bonds is 10. The molecule has 248 valence electrons. The first-order valence-electron chi connectivity index (χ1n) is 15.8. The largest absolute Gasteiger partial charge is 0.497 e. The van der Waals surface area contributed by atoms with E-state index in [2.05, 4.69) is 87.4 Å². The van der Waals surface area contributed by atoms with Crippen LogP contribution in [0.5, 0.6) is 34.5 Å². The van der Waals surface area contributed by atoms with E-state index in [9.17, 15) is 0 Å². The zero-order chi connectivity index (χ0) is 34.4. The van der Waals surface area contributed by atoms with Gasteiger partial charge in [0.05, 0.1) is 42.7 Å². The molecule has 6 nitrogen and oxygen atoms in total. The van der Waals surface area contributed by atoms with Gasteiger partial charge in [0, 0.05) is 15.6 Å². The van der Waals surface area contributed by atoms with Crippen molar-refractivity contribution in [2.75, 3.05) is 42.7 Å². The lowest BCUT2D eigenvalue weighted by Crippen LogP contribution is -2.70. The Morgan fingerprint density at radius 1 is 0.435 bits per heavy atom. The second-order valence-corrected chi connectivity index (χ2v) is 16.2. The van der Waals surface area contributed by atoms with Gasteiger partial charge in [-0.25, -0.2) is 0 Å².